The summed E-state index contributed by atoms with van der Waals surface area (Å²) in [6.45, 7) is 2.93. The van der Waals surface area contributed by atoms with Crippen molar-refractivity contribution in [2.45, 2.75) is 31.8 Å². The lowest BCUT2D eigenvalue weighted by Gasteiger charge is -2.32. The van der Waals surface area contributed by atoms with E-state index in [1.165, 1.54) is 0 Å². The summed E-state index contributed by atoms with van der Waals surface area (Å²) in [4.78, 5) is 14.3. The molecule has 1 aromatic carbocycles. The van der Waals surface area contributed by atoms with Crippen LogP contribution in [-0.4, -0.2) is 50.3 Å². The Morgan fingerprint density at radius 3 is 2.74 bits per heavy atom. The molecule has 0 spiro atoms. The molecule has 1 aromatic rings. The molecule has 2 rings (SSSR count). The fourth-order valence-electron chi connectivity index (χ4n) is 2.67. The number of hydrogen-bond acceptors (Lipinski definition) is 4. The lowest BCUT2D eigenvalue weighted by Crippen LogP contribution is -2.41. The first-order chi connectivity index (χ1) is 10.7. The van der Waals surface area contributed by atoms with Gasteiger partial charge in [0.05, 0.1) is 19.6 Å². The van der Waals surface area contributed by atoms with Gasteiger partial charge < -0.3 is 20.1 Å². The van der Waals surface area contributed by atoms with Crippen LogP contribution >= 0.6 is 12.4 Å². The van der Waals surface area contributed by atoms with E-state index in [1.54, 1.807) is 7.11 Å². The molecule has 0 unspecified atom stereocenters. The van der Waals surface area contributed by atoms with Crippen LogP contribution in [0.3, 0.4) is 0 Å². The lowest BCUT2D eigenvalue weighted by molar-refractivity contribution is -0.133. The van der Waals surface area contributed by atoms with E-state index in [-0.39, 0.29) is 24.4 Å². The zero-order chi connectivity index (χ0) is 15.8. The van der Waals surface area contributed by atoms with E-state index in [0.29, 0.717) is 13.0 Å². The van der Waals surface area contributed by atoms with E-state index in [9.17, 15) is 4.79 Å². The number of carbonyl (C=O) groups excluding carboxylic acids is 1. The minimum atomic E-state index is 0. The van der Waals surface area contributed by atoms with E-state index in [4.69, 9.17) is 15.2 Å². The fourth-order valence-corrected chi connectivity index (χ4v) is 2.67. The maximum absolute atomic E-state index is 12.4. The second-order valence-electron chi connectivity index (χ2n) is 5.62. The summed E-state index contributed by atoms with van der Waals surface area (Å²) in [6.07, 6.45) is 3.42. The van der Waals surface area contributed by atoms with Crippen LogP contribution in [0.4, 0.5) is 0 Å². The lowest BCUT2D eigenvalue weighted by atomic mass is 10.1. The van der Waals surface area contributed by atoms with Crippen molar-refractivity contribution < 1.29 is 14.3 Å². The summed E-state index contributed by atoms with van der Waals surface area (Å²) in [5.41, 5.74) is 6.45. The van der Waals surface area contributed by atoms with E-state index in [1.807, 2.05) is 29.2 Å². The molecule has 1 amide bonds. The van der Waals surface area contributed by atoms with Gasteiger partial charge in [0.1, 0.15) is 5.75 Å². The van der Waals surface area contributed by atoms with Crippen LogP contribution in [0.15, 0.2) is 24.3 Å². The van der Waals surface area contributed by atoms with Gasteiger partial charge in [-0.1, -0.05) is 12.1 Å². The molecule has 1 heterocycles. The Balaban J connectivity index is 0.00000264. The maximum Gasteiger partial charge on any atom is 0.226 e. The summed E-state index contributed by atoms with van der Waals surface area (Å²) in [5, 5.41) is 0. The molecule has 5 nitrogen and oxygen atoms in total. The van der Waals surface area contributed by atoms with Crippen molar-refractivity contribution in [1.29, 1.82) is 0 Å². The number of nitrogens with zero attached hydrogens (tertiary/aromatic N) is 1. The summed E-state index contributed by atoms with van der Waals surface area (Å²) >= 11 is 0. The number of hydrogen-bond donors (Lipinski definition) is 1. The SMILES string of the molecule is COc1cccc(CC(=O)N2CCC(OCCCN)CC2)c1.Cl. The summed E-state index contributed by atoms with van der Waals surface area (Å²) in [5.74, 6) is 0.964. The molecule has 1 fully saturated rings. The average Bonchev–Trinajstić information content (AvgIpc) is 2.56. The highest BCUT2D eigenvalue weighted by atomic mass is 35.5. The van der Waals surface area contributed by atoms with Gasteiger partial charge in [-0.15, -0.1) is 12.4 Å². The molecule has 6 heteroatoms. The molecule has 0 atom stereocenters. The second-order valence-corrected chi connectivity index (χ2v) is 5.62. The van der Waals surface area contributed by atoms with Gasteiger partial charge in [0, 0.05) is 19.7 Å². The molecule has 0 saturated carbocycles. The molecule has 0 aliphatic carbocycles. The number of carbonyl (C=O) groups is 1. The number of rotatable bonds is 7. The first kappa shape index (κ1) is 19.7. The van der Waals surface area contributed by atoms with Gasteiger partial charge in [0.15, 0.2) is 0 Å². The monoisotopic (exact) mass is 342 g/mol. The van der Waals surface area contributed by atoms with Gasteiger partial charge in [-0.25, -0.2) is 0 Å². The molecule has 130 valence electrons. The molecule has 1 aliphatic rings. The van der Waals surface area contributed by atoms with E-state index >= 15 is 0 Å². The number of methoxy groups -OCH3 is 1. The number of amides is 1. The molecular formula is C17H27ClN2O3. The smallest absolute Gasteiger partial charge is 0.226 e. The van der Waals surface area contributed by atoms with Crippen LogP contribution in [0.1, 0.15) is 24.8 Å². The van der Waals surface area contributed by atoms with E-state index in [2.05, 4.69) is 0 Å². The first-order valence-corrected chi connectivity index (χ1v) is 7.95. The number of halogens is 1. The highest BCUT2D eigenvalue weighted by Gasteiger charge is 2.23. The van der Waals surface area contributed by atoms with Crippen molar-refractivity contribution in [2.24, 2.45) is 5.73 Å². The normalized spacial score (nSPS) is 15.1. The van der Waals surface area contributed by atoms with E-state index in [0.717, 1.165) is 50.3 Å². The quantitative estimate of drug-likeness (QED) is 0.770. The molecule has 23 heavy (non-hydrogen) atoms. The topological polar surface area (TPSA) is 64.8 Å². The molecule has 1 saturated heterocycles. The van der Waals surface area contributed by atoms with Crippen molar-refractivity contribution in [1.82, 2.24) is 4.90 Å². The predicted molar refractivity (Wildman–Crippen MR) is 93.2 cm³/mol. The number of piperidine rings is 1. The largest absolute Gasteiger partial charge is 0.497 e. The zero-order valence-electron chi connectivity index (χ0n) is 13.7. The molecule has 0 bridgehead atoms. The maximum atomic E-state index is 12.4. The summed E-state index contributed by atoms with van der Waals surface area (Å²) in [7, 11) is 1.64. The second kappa shape index (κ2) is 10.5. The molecule has 0 aromatic heterocycles. The Hall–Kier alpha value is -1.30. The van der Waals surface area contributed by atoms with Gasteiger partial charge in [-0.05, 0) is 43.5 Å². The number of likely N-dealkylation sites (tertiary alicyclic amines) is 1. The van der Waals surface area contributed by atoms with Crippen LogP contribution in [0, 0.1) is 0 Å². The van der Waals surface area contributed by atoms with Gasteiger partial charge >= 0.3 is 0 Å². The molecule has 2 N–H and O–H groups in total. The van der Waals surface area contributed by atoms with Crippen LogP contribution in [-0.2, 0) is 16.0 Å². The Morgan fingerprint density at radius 1 is 1.35 bits per heavy atom. The third-order valence-electron chi connectivity index (χ3n) is 3.99. The van der Waals surface area contributed by atoms with Crippen molar-refractivity contribution in [3.63, 3.8) is 0 Å². The number of benzene rings is 1. The summed E-state index contributed by atoms with van der Waals surface area (Å²) in [6, 6.07) is 7.68. The van der Waals surface area contributed by atoms with Crippen molar-refractivity contribution >= 4 is 18.3 Å². The Labute approximate surface area is 144 Å². The zero-order valence-corrected chi connectivity index (χ0v) is 14.5. The van der Waals surface area contributed by atoms with Crippen LogP contribution in [0.25, 0.3) is 0 Å². The first-order valence-electron chi connectivity index (χ1n) is 7.95. The Morgan fingerprint density at radius 2 is 2.09 bits per heavy atom. The minimum absolute atomic E-state index is 0. The van der Waals surface area contributed by atoms with Crippen molar-refractivity contribution in [3.05, 3.63) is 29.8 Å². The number of nitrogens with two attached hydrogens (primary N) is 1. The third-order valence-corrected chi connectivity index (χ3v) is 3.99. The minimum Gasteiger partial charge on any atom is -0.497 e. The van der Waals surface area contributed by atoms with Gasteiger partial charge in [0.2, 0.25) is 5.91 Å². The molecule has 0 radical (unpaired) electrons. The van der Waals surface area contributed by atoms with Crippen LogP contribution < -0.4 is 10.5 Å². The third kappa shape index (κ3) is 6.37. The van der Waals surface area contributed by atoms with Gasteiger partial charge in [0.25, 0.3) is 0 Å². The molecular weight excluding hydrogens is 316 g/mol. The molecule has 1 aliphatic heterocycles. The average molecular weight is 343 g/mol. The van der Waals surface area contributed by atoms with E-state index < -0.39 is 0 Å². The summed E-state index contributed by atoms with van der Waals surface area (Å²) < 4.78 is 11.0. The predicted octanol–water partition coefficient (Wildman–Crippen LogP) is 2.02. The fraction of sp³-hybridized carbons (Fsp3) is 0.588. The van der Waals surface area contributed by atoms with Crippen LogP contribution in [0.5, 0.6) is 5.75 Å². The van der Waals surface area contributed by atoms with Crippen LogP contribution in [0.2, 0.25) is 0 Å². The Kier molecular flexibility index (Phi) is 8.99. The standard InChI is InChI=1S/C17H26N2O3.ClH/c1-21-16-5-2-4-14(12-16)13-17(20)19-9-6-15(7-10-19)22-11-3-8-18;/h2,4-5,12,15H,3,6-11,13,18H2,1H3;1H. The number of ether oxygens (including phenoxy) is 2. The highest BCUT2D eigenvalue weighted by molar-refractivity contribution is 5.85. The highest BCUT2D eigenvalue weighted by Crippen LogP contribution is 2.17. The van der Waals surface area contributed by atoms with Gasteiger partial charge in [-0.2, -0.15) is 0 Å². The van der Waals surface area contributed by atoms with Crippen molar-refractivity contribution in [2.75, 3.05) is 33.4 Å². The van der Waals surface area contributed by atoms with Crippen molar-refractivity contribution in [3.8, 4) is 5.75 Å². The van der Waals surface area contributed by atoms with Gasteiger partial charge in [-0.3, -0.25) is 4.79 Å². The Bertz CT molecular complexity index is 477.